The summed E-state index contributed by atoms with van der Waals surface area (Å²) in [6.45, 7) is 0. The molecule has 1 aromatic heterocycles. The maximum Gasteiger partial charge on any atom is 0.231 e. The summed E-state index contributed by atoms with van der Waals surface area (Å²) in [7, 11) is 0. The van der Waals surface area contributed by atoms with E-state index in [9.17, 15) is 0 Å². The van der Waals surface area contributed by atoms with Crippen molar-refractivity contribution < 1.29 is 4.42 Å². The molecule has 3 nitrogen and oxygen atoms in total. The average molecular weight is 300 g/mol. The molecule has 0 amide bonds. The molecule has 1 aliphatic rings. The third kappa shape index (κ3) is 2.21. The molecular formula is C20H16N2O. The SMILES string of the molecule is C1=CCC(c2ccccc2)(c2nnco2)C(c2ccccc2)=C1. The molecule has 0 aliphatic heterocycles. The summed E-state index contributed by atoms with van der Waals surface area (Å²) < 4.78 is 5.69. The molecule has 0 spiro atoms. The Labute approximate surface area is 135 Å². The Morgan fingerprint density at radius 1 is 0.913 bits per heavy atom. The van der Waals surface area contributed by atoms with Gasteiger partial charge in [-0.15, -0.1) is 10.2 Å². The molecule has 1 aliphatic carbocycles. The van der Waals surface area contributed by atoms with E-state index in [0.29, 0.717) is 5.89 Å². The number of nitrogens with zero attached hydrogens (tertiary/aromatic N) is 2. The summed E-state index contributed by atoms with van der Waals surface area (Å²) in [6.07, 6.45) is 8.60. The molecular weight excluding hydrogens is 284 g/mol. The second-order valence-corrected chi connectivity index (χ2v) is 5.59. The fourth-order valence-electron chi connectivity index (χ4n) is 3.30. The van der Waals surface area contributed by atoms with E-state index in [0.717, 1.165) is 12.0 Å². The quantitative estimate of drug-likeness (QED) is 0.719. The van der Waals surface area contributed by atoms with Crippen molar-refractivity contribution in [2.45, 2.75) is 11.8 Å². The van der Waals surface area contributed by atoms with Crippen LogP contribution in [0.2, 0.25) is 0 Å². The summed E-state index contributed by atoms with van der Waals surface area (Å²) in [4.78, 5) is 0. The van der Waals surface area contributed by atoms with Gasteiger partial charge in [-0.05, 0) is 23.1 Å². The lowest BCUT2D eigenvalue weighted by molar-refractivity contribution is 0.427. The standard InChI is InChI=1S/C20H16N2O/c1-3-9-16(10-4-1)18-13-7-8-14-20(18,19-22-21-15-23-19)17-11-5-2-6-12-17/h1-13,15H,14H2. The number of hydrogen-bond donors (Lipinski definition) is 0. The summed E-state index contributed by atoms with van der Waals surface area (Å²) in [5.74, 6) is 0.628. The van der Waals surface area contributed by atoms with E-state index in [1.54, 1.807) is 0 Å². The molecule has 1 atom stereocenters. The van der Waals surface area contributed by atoms with Crippen LogP contribution in [0.15, 0.2) is 89.7 Å². The van der Waals surface area contributed by atoms with Crippen molar-refractivity contribution in [1.29, 1.82) is 0 Å². The van der Waals surface area contributed by atoms with Crippen LogP contribution in [0.4, 0.5) is 0 Å². The molecule has 23 heavy (non-hydrogen) atoms. The Balaban J connectivity index is 1.99. The predicted octanol–water partition coefficient (Wildman–Crippen LogP) is 4.40. The highest BCUT2D eigenvalue weighted by Crippen LogP contribution is 2.47. The zero-order valence-electron chi connectivity index (χ0n) is 12.6. The van der Waals surface area contributed by atoms with Crippen LogP contribution in [-0.4, -0.2) is 10.2 Å². The van der Waals surface area contributed by atoms with Gasteiger partial charge in [0.2, 0.25) is 12.3 Å². The van der Waals surface area contributed by atoms with E-state index in [2.05, 4.69) is 64.8 Å². The van der Waals surface area contributed by atoms with Gasteiger partial charge in [0.15, 0.2) is 0 Å². The second-order valence-electron chi connectivity index (χ2n) is 5.59. The van der Waals surface area contributed by atoms with E-state index in [-0.39, 0.29) is 0 Å². The summed E-state index contributed by atoms with van der Waals surface area (Å²) in [5, 5.41) is 8.20. The Morgan fingerprint density at radius 2 is 1.65 bits per heavy atom. The van der Waals surface area contributed by atoms with Crippen LogP contribution < -0.4 is 0 Å². The molecule has 1 unspecified atom stereocenters. The molecule has 0 bridgehead atoms. The van der Waals surface area contributed by atoms with Crippen LogP contribution in [0, 0.1) is 0 Å². The number of allylic oxidation sites excluding steroid dienone is 4. The number of benzene rings is 2. The lowest BCUT2D eigenvalue weighted by Gasteiger charge is -2.34. The predicted molar refractivity (Wildman–Crippen MR) is 89.7 cm³/mol. The molecule has 0 radical (unpaired) electrons. The zero-order chi connectivity index (χ0) is 15.5. The van der Waals surface area contributed by atoms with Gasteiger partial charge < -0.3 is 4.42 Å². The van der Waals surface area contributed by atoms with Gasteiger partial charge in [0.25, 0.3) is 0 Å². The summed E-state index contributed by atoms with van der Waals surface area (Å²) in [5.41, 5.74) is 3.05. The summed E-state index contributed by atoms with van der Waals surface area (Å²) >= 11 is 0. The van der Waals surface area contributed by atoms with Crippen LogP contribution in [0.3, 0.4) is 0 Å². The summed E-state index contributed by atoms with van der Waals surface area (Å²) in [6, 6.07) is 20.8. The van der Waals surface area contributed by atoms with Crippen molar-refractivity contribution in [2.24, 2.45) is 0 Å². The third-order valence-electron chi connectivity index (χ3n) is 4.36. The van der Waals surface area contributed by atoms with E-state index in [1.807, 2.05) is 24.3 Å². The Kier molecular flexibility index (Phi) is 3.39. The zero-order valence-corrected chi connectivity index (χ0v) is 12.6. The van der Waals surface area contributed by atoms with E-state index in [1.165, 1.54) is 17.5 Å². The van der Waals surface area contributed by atoms with Crippen molar-refractivity contribution in [3.8, 4) is 0 Å². The molecule has 3 aromatic rings. The normalized spacial score (nSPS) is 20.3. The number of aromatic nitrogens is 2. The minimum Gasteiger partial charge on any atom is -0.427 e. The van der Waals surface area contributed by atoms with Gasteiger partial charge in [0.05, 0.1) is 0 Å². The lowest BCUT2D eigenvalue weighted by atomic mass is 9.67. The van der Waals surface area contributed by atoms with E-state index >= 15 is 0 Å². The van der Waals surface area contributed by atoms with Gasteiger partial charge in [-0.25, -0.2) is 0 Å². The van der Waals surface area contributed by atoms with Crippen LogP contribution in [0.5, 0.6) is 0 Å². The first kappa shape index (κ1) is 13.7. The molecule has 0 fully saturated rings. The number of rotatable bonds is 3. The highest BCUT2D eigenvalue weighted by molar-refractivity contribution is 5.80. The first-order valence-corrected chi connectivity index (χ1v) is 7.66. The van der Waals surface area contributed by atoms with Gasteiger partial charge in [-0.2, -0.15) is 0 Å². The second kappa shape index (κ2) is 5.69. The highest BCUT2D eigenvalue weighted by atomic mass is 16.4. The fraction of sp³-hybridized carbons (Fsp3) is 0.100. The molecule has 4 rings (SSSR count). The maximum absolute atomic E-state index is 5.69. The van der Waals surface area contributed by atoms with Gasteiger partial charge >= 0.3 is 0 Å². The molecule has 0 saturated carbocycles. The van der Waals surface area contributed by atoms with Gasteiger partial charge in [-0.3, -0.25) is 0 Å². The van der Waals surface area contributed by atoms with Gasteiger partial charge in [0.1, 0.15) is 5.41 Å². The van der Waals surface area contributed by atoms with Gasteiger partial charge in [0, 0.05) is 0 Å². The Bertz CT molecular complexity index is 836. The van der Waals surface area contributed by atoms with E-state index < -0.39 is 5.41 Å². The fourth-order valence-corrected chi connectivity index (χ4v) is 3.30. The highest BCUT2D eigenvalue weighted by Gasteiger charge is 2.43. The minimum atomic E-state index is -0.451. The minimum absolute atomic E-state index is 0.451. The van der Waals surface area contributed by atoms with Crippen LogP contribution >= 0.6 is 0 Å². The largest absolute Gasteiger partial charge is 0.427 e. The van der Waals surface area contributed by atoms with Crippen molar-refractivity contribution in [3.63, 3.8) is 0 Å². The first-order valence-electron chi connectivity index (χ1n) is 7.66. The third-order valence-corrected chi connectivity index (χ3v) is 4.36. The smallest absolute Gasteiger partial charge is 0.231 e. The van der Waals surface area contributed by atoms with Crippen LogP contribution in [-0.2, 0) is 5.41 Å². The van der Waals surface area contributed by atoms with Crippen LogP contribution in [0.1, 0.15) is 23.4 Å². The number of hydrogen-bond acceptors (Lipinski definition) is 3. The molecule has 1 heterocycles. The molecule has 0 saturated heterocycles. The van der Waals surface area contributed by atoms with E-state index in [4.69, 9.17) is 4.42 Å². The molecule has 0 N–H and O–H groups in total. The van der Waals surface area contributed by atoms with Crippen molar-refractivity contribution in [3.05, 3.63) is 102 Å². The molecule has 2 aromatic carbocycles. The maximum atomic E-state index is 5.69. The molecule has 3 heteroatoms. The Morgan fingerprint density at radius 3 is 2.35 bits per heavy atom. The Hall–Kier alpha value is -2.94. The van der Waals surface area contributed by atoms with Crippen LogP contribution in [0.25, 0.3) is 5.57 Å². The van der Waals surface area contributed by atoms with Gasteiger partial charge in [-0.1, -0.05) is 78.9 Å². The van der Waals surface area contributed by atoms with Crippen molar-refractivity contribution in [1.82, 2.24) is 10.2 Å². The topological polar surface area (TPSA) is 38.9 Å². The van der Waals surface area contributed by atoms with Crippen molar-refractivity contribution >= 4 is 5.57 Å². The monoisotopic (exact) mass is 300 g/mol. The van der Waals surface area contributed by atoms with Crippen molar-refractivity contribution in [2.75, 3.05) is 0 Å². The lowest BCUT2D eigenvalue weighted by Crippen LogP contribution is -2.31. The molecule has 112 valence electrons. The first-order chi connectivity index (χ1) is 11.4. The average Bonchev–Trinajstić information content (AvgIpc) is 3.18.